The predicted molar refractivity (Wildman–Crippen MR) is 97.5 cm³/mol. The van der Waals surface area contributed by atoms with Crippen molar-refractivity contribution in [3.8, 4) is 11.6 Å². The highest BCUT2D eigenvalue weighted by atomic mass is 16.5. The summed E-state index contributed by atoms with van der Waals surface area (Å²) in [5.74, 6) is 1.45. The second kappa shape index (κ2) is 6.63. The van der Waals surface area contributed by atoms with Crippen molar-refractivity contribution in [2.24, 2.45) is 0 Å². The van der Waals surface area contributed by atoms with Crippen LogP contribution in [0.5, 0.6) is 5.75 Å². The molecule has 0 fully saturated rings. The first kappa shape index (κ1) is 16.3. The SMILES string of the molecule is C[C@@H]([C@@H]1Cc2ccccc2O1)N(C)C(=O)c1cccc(-n2ccnc2)n1. The van der Waals surface area contributed by atoms with E-state index < -0.39 is 0 Å². The van der Waals surface area contributed by atoms with E-state index in [4.69, 9.17) is 4.74 Å². The molecule has 3 heterocycles. The zero-order chi connectivity index (χ0) is 18.1. The molecule has 2 atom stereocenters. The molecule has 0 spiro atoms. The minimum Gasteiger partial charge on any atom is -0.488 e. The van der Waals surface area contributed by atoms with Crippen LogP contribution in [-0.2, 0) is 6.42 Å². The second-order valence-corrected chi connectivity index (χ2v) is 6.48. The van der Waals surface area contributed by atoms with Gasteiger partial charge in [-0.15, -0.1) is 0 Å². The number of hydrogen-bond acceptors (Lipinski definition) is 4. The third-order valence-corrected chi connectivity index (χ3v) is 4.86. The molecule has 0 N–H and O–H groups in total. The van der Waals surface area contributed by atoms with Crippen LogP contribution < -0.4 is 4.74 Å². The Morgan fingerprint density at radius 2 is 2.12 bits per heavy atom. The highest BCUT2D eigenvalue weighted by molar-refractivity contribution is 5.92. The van der Waals surface area contributed by atoms with E-state index in [1.807, 2.05) is 37.3 Å². The molecule has 0 aliphatic carbocycles. The van der Waals surface area contributed by atoms with Crippen molar-refractivity contribution < 1.29 is 9.53 Å². The Kier molecular flexibility index (Phi) is 4.16. The van der Waals surface area contributed by atoms with Crippen LogP contribution in [0.3, 0.4) is 0 Å². The van der Waals surface area contributed by atoms with Gasteiger partial charge in [-0.2, -0.15) is 0 Å². The van der Waals surface area contributed by atoms with Crippen LogP contribution >= 0.6 is 0 Å². The average Bonchev–Trinajstić information content (AvgIpc) is 3.36. The molecule has 4 rings (SSSR count). The molecule has 0 saturated carbocycles. The van der Waals surface area contributed by atoms with Gasteiger partial charge in [0, 0.05) is 25.9 Å². The van der Waals surface area contributed by atoms with Crippen LogP contribution in [0.4, 0.5) is 0 Å². The number of fused-ring (bicyclic) bond motifs is 1. The van der Waals surface area contributed by atoms with Gasteiger partial charge in [-0.05, 0) is 30.7 Å². The van der Waals surface area contributed by atoms with E-state index in [2.05, 4.69) is 16.0 Å². The summed E-state index contributed by atoms with van der Waals surface area (Å²) in [5, 5.41) is 0. The number of rotatable bonds is 4. The third-order valence-electron chi connectivity index (χ3n) is 4.86. The molecule has 0 unspecified atom stereocenters. The number of carbonyl (C=O) groups excluding carboxylic acids is 1. The molecule has 26 heavy (non-hydrogen) atoms. The van der Waals surface area contributed by atoms with Gasteiger partial charge in [-0.1, -0.05) is 24.3 Å². The van der Waals surface area contributed by atoms with E-state index in [0.29, 0.717) is 11.5 Å². The van der Waals surface area contributed by atoms with Crippen LogP contribution in [0.25, 0.3) is 5.82 Å². The fourth-order valence-corrected chi connectivity index (χ4v) is 3.17. The number of imidazole rings is 1. The highest BCUT2D eigenvalue weighted by Crippen LogP contribution is 2.30. The molecule has 3 aromatic rings. The molecule has 132 valence electrons. The number of aromatic nitrogens is 3. The van der Waals surface area contributed by atoms with E-state index in [-0.39, 0.29) is 18.1 Å². The first-order chi connectivity index (χ1) is 12.6. The lowest BCUT2D eigenvalue weighted by Crippen LogP contribution is -2.44. The summed E-state index contributed by atoms with van der Waals surface area (Å²) >= 11 is 0. The number of likely N-dealkylation sites (N-methyl/N-ethyl adjacent to an activating group) is 1. The van der Waals surface area contributed by atoms with Crippen LogP contribution in [0, 0.1) is 0 Å². The van der Waals surface area contributed by atoms with Gasteiger partial charge in [0.1, 0.15) is 29.7 Å². The van der Waals surface area contributed by atoms with Crippen molar-refractivity contribution in [3.05, 3.63) is 72.4 Å². The zero-order valence-electron chi connectivity index (χ0n) is 14.7. The van der Waals surface area contributed by atoms with E-state index >= 15 is 0 Å². The zero-order valence-corrected chi connectivity index (χ0v) is 14.7. The van der Waals surface area contributed by atoms with E-state index in [1.165, 1.54) is 5.56 Å². The van der Waals surface area contributed by atoms with E-state index in [9.17, 15) is 4.79 Å². The summed E-state index contributed by atoms with van der Waals surface area (Å²) in [6.07, 6.45) is 5.88. The minimum atomic E-state index is -0.126. The van der Waals surface area contributed by atoms with Gasteiger partial charge in [0.15, 0.2) is 0 Å². The molecule has 0 saturated heterocycles. The lowest BCUT2D eigenvalue weighted by Gasteiger charge is -2.29. The summed E-state index contributed by atoms with van der Waals surface area (Å²) in [7, 11) is 1.80. The maximum Gasteiger partial charge on any atom is 0.272 e. The molecule has 6 heteroatoms. The topological polar surface area (TPSA) is 60.2 Å². The number of para-hydroxylation sites is 1. The van der Waals surface area contributed by atoms with Gasteiger partial charge >= 0.3 is 0 Å². The van der Waals surface area contributed by atoms with Crippen molar-refractivity contribution >= 4 is 5.91 Å². The Morgan fingerprint density at radius 3 is 2.88 bits per heavy atom. The van der Waals surface area contributed by atoms with Crippen LogP contribution in [0.1, 0.15) is 23.0 Å². The van der Waals surface area contributed by atoms with Crippen molar-refractivity contribution in [2.45, 2.75) is 25.5 Å². The van der Waals surface area contributed by atoms with Gasteiger partial charge in [-0.25, -0.2) is 9.97 Å². The fourth-order valence-electron chi connectivity index (χ4n) is 3.17. The van der Waals surface area contributed by atoms with Crippen molar-refractivity contribution in [3.63, 3.8) is 0 Å². The summed E-state index contributed by atoms with van der Waals surface area (Å²) in [4.78, 5) is 23.1. The molecule has 1 aromatic carbocycles. The van der Waals surface area contributed by atoms with E-state index in [0.717, 1.165) is 12.2 Å². The standard InChI is InChI=1S/C20H20N4O2/c1-14(18-12-15-6-3-4-8-17(15)26-18)23(2)20(25)16-7-5-9-19(22-16)24-11-10-21-13-24/h3-11,13-14,18H,12H2,1-2H3/t14-,18-/m0/s1. The lowest BCUT2D eigenvalue weighted by atomic mass is 10.0. The van der Waals surface area contributed by atoms with Crippen LogP contribution in [0.2, 0.25) is 0 Å². The fraction of sp³-hybridized carbons (Fsp3) is 0.250. The summed E-state index contributed by atoms with van der Waals surface area (Å²) in [6, 6.07) is 13.3. The molecule has 0 radical (unpaired) electrons. The maximum absolute atomic E-state index is 12.9. The largest absolute Gasteiger partial charge is 0.488 e. The Bertz CT molecular complexity index is 898. The monoisotopic (exact) mass is 348 g/mol. The molecule has 1 aliphatic heterocycles. The Hall–Kier alpha value is -3.15. The van der Waals surface area contributed by atoms with Crippen molar-refractivity contribution in [1.29, 1.82) is 0 Å². The minimum absolute atomic E-state index is 0.0572. The van der Waals surface area contributed by atoms with Crippen LogP contribution in [0.15, 0.2) is 61.2 Å². The molecule has 2 aromatic heterocycles. The Labute approximate surface area is 152 Å². The quantitative estimate of drug-likeness (QED) is 0.727. The number of nitrogens with zero attached hydrogens (tertiary/aromatic N) is 4. The van der Waals surface area contributed by atoms with Crippen molar-refractivity contribution in [2.75, 3.05) is 7.05 Å². The lowest BCUT2D eigenvalue weighted by molar-refractivity contribution is 0.0592. The molecular formula is C20H20N4O2. The van der Waals surface area contributed by atoms with Gasteiger partial charge in [0.25, 0.3) is 5.91 Å². The normalized spacial score (nSPS) is 16.6. The average molecular weight is 348 g/mol. The number of ether oxygens (including phenoxy) is 1. The molecule has 6 nitrogen and oxygen atoms in total. The van der Waals surface area contributed by atoms with Gasteiger partial charge in [-0.3, -0.25) is 9.36 Å². The number of pyridine rings is 1. The second-order valence-electron chi connectivity index (χ2n) is 6.48. The highest BCUT2D eigenvalue weighted by Gasteiger charge is 2.32. The van der Waals surface area contributed by atoms with Crippen molar-refractivity contribution in [1.82, 2.24) is 19.4 Å². The third kappa shape index (κ3) is 2.94. The maximum atomic E-state index is 12.9. The van der Waals surface area contributed by atoms with Gasteiger partial charge in [0.2, 0.25) is 0 Å². The summed E-state index contributed by atoms with van der Waals surface area (Å²) in [6.45, 7) is 2.01. The van der Waals surface area contributed by atoms with Gasteiger partial charge in [0.05, 0.1) is 6.04 Å². The number of carbonyl (C=O) groups is 1. The van der Waals surface area contributed by atoms with E-state index in [1.54, 1.807) is 41.3 Å². The molecular weight excluding hydrogens is 328 g/mol. The predicted octanol–water partition coefficient (Wildman–Crippen LogP) is 2.73. The number of benzene rings is 1. The number of hydrogen-bond donors (Lipinski definition) is 0. The van der Waals surface area contributed by atoms with Gasteiger partial charge < -0.3 is 9.64 Å². The summed E-state index contributed by atoms with van der Waals surface area (Å²) in [5.41, 5.74) is 1.59. The van der Waals surface area contributed by atoms with Crippen LogP contribution in [-0.4, -0.2) is 44.5 Å². The molecule has 1 amide bonds. The summed E-state index contributed by atoms with van der Waals surface area (Å²) < 4.78 is 7.81. The molecule has 0 bridgehead atoms. The first-order valence-corrected chi connectivity index (χ1v) is 8.60. The first-order valence-electron chi connectivity index (χ1n) is 8.60. The Balaban J connectivity index is 1.51. The smallest absolute Gasteiger partial charge is 0.272 e. The number of amides is 1. The Morgan fingerprint density at radius 1 is 1.27 bits per heavy atom. The molecule has 1 aliphatic rings.